The van der Waals surface area contributed by atoms with Crippen molar-refractivity contribution in [1.29, 1.82) is 5.41 Å². The number of allylic oxidation sites excluding steroid dienone is 1. The summed E-state index contributed by atoms with van der Waals surface area (Å²) in [5, 5.41) is 11.4. The number of pyridine rings is 2. The third kappa shape index (κ3) is 7.52. The number of aliphatic imine (C=N–C) groups is 1. The molecule has 2 heterocycles. The number of ether oxygens (including phenoxy) is 1. The predicted octanol–water partition coefficient (Wildman–Crippen LogP) is 5.91. The molecule has 2 rings (SSSR count). The molecule has 0 aliphatic heterocycles. The highest BCUT2D eigenvalue weighted by Gasteiger charge is 2.32. The lowest BCUT2D eigenvalue weighted by atomic mass is 9.76. The summed E-state index contributed by atoms with van der Waals surface area (Å²) < 4.78 is 5.88. The van der Waals surface area contributed by atoms with E-state index in [4.69, 9.17) is 15.1 Å². The Hall–Kier alpha value is -3.54. The molecule has 0 aliphatic carbocycles. The number of hydrogen-bond acceptors (Lipinski definition) is 6. The first-order chi connectivity index (χ1) is 16.0. The van der Waals surface area contributed by atoms with E-state index in [-0.39, 0.29) is 0 Å². The highest BCUT2D eigenvalue weighted by Crippen LogP contribution is 2.32. The Morgan fingerprint density at radius 3 is 2.70 bits per heavy atom. The molecule has 0 saturated heterocycles. The van der Waals surface area contributed by atoms with Crippen LogP contribution in [-0.4, -0.2) is 28.5 Å². The monoisotopic (exact) mass is 445 g/mol. The van der Waals surface area contributed by atoms with Crippen LogP contribution in [0.3, 0.4) is 0 Å². The SMILES string of the molecule is C=CNCc1cncc(C(=C)N=C(C=C)C(C=N)(CCCC)CCOc2ccc(C)cn2)c1. The molecule has 0 saturated carbocycles. The topological polar surface area (TPSA) is 83.2 Å². The second-order valence-corrected chi connectivity index (χ2v) is 7.99. The van der Waals surface area contributed by atoms with Crippen LogP contribution in [0.2, 0.25) is 0 Å². The highest BCUT2D eigenvalue weighted by atomic mass is 16.5. The maximum absolute atomic E-state index is 8.31. The number of unbranched alkanes of at least 4 members (excludes halogenated alkanes) is 1. The Labute approximate surface area is 197 Å². The van der Waals surface area contributed by atoms with Crippen molar-refractivity contribution in [2.75, 3.05) is 6.61 Å². The standard InChI is InChI=1S/C27H35N5O/c1-6-9-12-27(20-28,13-14-33-26-11-10-21(4)16-31-26)25(7-2)32-22(5)24-15-23(17-29-8-3)18-30-19-24/h7-8,10-11,15-16,18-20,28-29H,2-3,5-6,9,12-14,17H2,1,4H3. The van der Waals surface area contributed by atoms with E-state index in [2.05, 4.69) is 41.9 Å². The van der Waals surface area contributed by atoms with E-state index in [0.717, 1.165) is 36.0 Å². The zero-order valence-corrected chi connectivity index (χ0v) is 19.8. The number of hydrogen-bond donors (Lipinski definition) is 2. The molecule has 0 amide bonds. The predicted molar refractivity (Wildman–Crippen MR) is 138 cm³/mol. The number of aromatic nitrogens is 2. The van der Waals surface area contributed by atoms with Crippen LogP contribution < -0.4 is 10.1 Å². The first kappa shape index (κ1) is 25.7. The van der Waals surface area contributed by atoms with Crippen LogP contribution in [0.25, 0.3) is 5.70 Å². The number of rotatable bonds is 15. The van der Waals surface area contributed by atoms with Gasteiger partial charge in [-0.1, -0.05) is 45.6 Å². The largest absolute Gasteiger partial charge is 0.478 e. The van der Waals surface area contributed by atoms with Crippen LogP contribution in [0, 0.1) is 17.7 Å². The summed E-state index contributed by atoms with van der Waals surface area (Å²) in [6.45, 7) is 17.0. The Balaban J connectivity index is 2.26. The van der Waals surface area contributed by atoms with E-state index in [9.17, 15) is 0 Å². The van der Waals surface area contributed by atoms with Crippen LogP contribution in [0.5, 0.6) is 5.88 Å². The van der Waals surface area contributed by atoms with Crippen LogP contribution in [-0.2, 0) is 6.54 Å². The molecule has 2 N–H and O–H groups in total. The van der Waals surface area contributed by atoms with Gasteiger partial charge in [0.2, 0.25) is 5.88 Å². The summed E-state index contributed by atoms with van der Waals surface area (Å²) in [5.41, 5.74) is 3.62. The normalized spacial score (nSPS) is 13.0. The van der Waals surface area contributed by atoms with E-state index in [0.29, 0.717) is 36.9 Å². The summed E-state index contributed by atoms with van der Waals surface area (Å²) in [4.78, 5) is 13.4. The molecule has 2 aromatic heterocycles. The van der Waals surface area contributed by atoms with E-state index in [1.54, 1.807) is 30.9 Å². The fourth-order valence-corrected chi connectivity index (χ4v) is 3.47. The summed E-state index contributed by atoms with van der Waals surface area (Å²) in [5.74, 6) is 0.576. The highest BCUT2D eigenvalue weighted by molar-refractivity contribution is 6.10. The fraction of sp³-hybridized carbons (Fsp3) is 0.333. The lowest BCUT2D eigenvalue weighted by Crippen LogP contribution is -2.33. The van der Waals surface area contributed by atoms with Gasteiger partial charge in [0.15, 0.2) is 0 Å². The van der Waals surface area contributed by atoms with Gasteiger partial charge in [0, 0.05) is 43.0 Å². The van der Waals surface area contributed by atoms with Crippen LogP contribution >= 0.6 is 0 Å². The summed E-state index contributed by atoms with van der Waals surface area (Å²) in [7, 11) is 0. The van der Waals surface area contributed by atoms with Gasteiger partial charge in [-0.15, -0.1) is 0 Å². The van der Waals surface area contributed by atoms with Gasteiger partial charge in [-0.2, -0.15) is 0 Å². The zero-order chi connectivity index (χ0) is 24.1. The first-order valence-corrected chi connectivity index (χ1v) is 11.2. The average molecular weight is 446 g/mol. The third-order valence-corrected chi connectivity index (χ3v) is 5.47. The van der Waals surface area contributed by atoms with Crippen LogP contribution in [0.4, 0.5) is 0 Å². The Morgan fingerprint density at radius 1 is 1.24 bits per heavy atom. The van der Waals surface area contributed by atoms with Gasteiger partial charge in [0.05, 0.1) is 23.4 Å². The second kappa shape index (κ2) is 13.1. The van der Waals surface area contributed by atoms with Crippen molar-refractivity contribution < 1.29 is 4.74 Å². The van der Waals surface area contributed by atoms with E-state index in [1.165, 1.54) is 6.21 Å². The summed E-state index contributed by atoms with van der Waals surface area (Å²) >= 11 is 0. The Morgan fingerprint density at radius 2 is 2.06 bits per heavy atom. The number of aryl methyl sites for hydroxylation is 1. The van der Waals surface area contributed by atoms with Crippen molar-refractivity contribution in [3.8, 4) is 5.88 Å². The van der Waals surface area contributed by atoms with Crippen molar-refractivity contribution in [2.24, 2.45) is 10.4 Å². The maximum atomic E-state index is 8.31. The molecule has 174 valence electrons. The molecular weight excluding hydrogens is 410 g/mol. The van der Waals surface area contributed by atoms with Crippen molar-refractivity contribution >= 4 is 17.6 Å². The molecule has 0 fully saturated rings. The molecule has 0 bridgehead atoms. The molecule has 6 nitrogen and oxygen atoms in total. The average Bonchev–Trinajstić information content (AvgIpc) is 2.84. The zero-order valence-electron chi connectivity index (χ0n) is 19.8. The lowest BCUT2D eigenvalue weighted by molar-refractivity contribution is 0.267. The lowest BCUT2D eigenvalue weighted by Gasteiger charge is -2.30. The van der Waals surface area contributed by atoms with E-state index < -0.39 is 5.41 Å². The molecule has 0 spiro atoms. The minimum absolute atomic E-state index is 0.415. The van der Waals surface area contributed by atoms with Crippen LogP contribution in [0.15, 0.2) is 73.8 Å². The third-order valence-electron chi connectivity index (χ3n) is 5.47. The quantitative estimate of drug-likeness (QED) is 0.334. The van der Waals surface area contributed by atoms with Gasteiger partial charge in [0.1, 0.15) is 0 Å². The summed E-state index contributed by atoms with van der Waals surface area (Å²) in [6.07, 6.45) is 13.5. The van der Waals surface area contributed by atoms with Crippen molar-refractivity contribution in [3.05, 3.63) is 85.5 Å². The van der Waals surface area contributed by atoms with E-state index >= 15 is 0 Å². The van der Waals surface area contributed by atoms with Crippen molar-refractivity contribution in [2.45, 2.75) is 46.1 Å². The molecule has 6 heteroatoms. The number of nitrogens with one attached hydrogen (secondary N) is 2. The molecule has 0 aromatic carbocycles. The van der Waals surface area contributed by atoms with Crippen molar-refractivity contribution in [3.63, 3.8) is 0 Å². The van der Waals surface area contributed by atoms with E-state index in [1.807, 2.05) is 25.1 Å². The maximum Gasteiger partial charge on any atom is 0.213 e. The van der Waals surface area contributed by atoms with Gasteiger partial charge in [0.25, 0.3) is 0 Å². The minimum Gasteiger partial charge on any atom is -0.478 e. The molecule has 2 aromatic rings. The molecule has 1 unspecified atom stereocenters. The smallest absolute Gasteiger partial charge is 0.213 e. The summed E-state index contributed by atoms with van der Waals surface area (Å²) in [6, 6.07) is 5.83. The van der Waals surface area contributed by atoms with Gasteiger partial charge < -0.3 is 15.5 Å². The Kier molecular flexibility index (Phi) is 10.2. The van der Waals surface area contributed by atoms with Crippen molar-refractivity contribution in [1.82, 2.24) is 15.3 Å². The molecule has 0 radical (unpaired) electrons. The molecule has 1 atom stereocenters. The molecule has 0 aliphatic rings. The first-order valence-electron chi connectivity index (χ1n) is 11.2. The Bertz CT molecular complexity index is 980. The number of nitrogens with zero attached hydrogens (tertiary/aromatic N) is 3. The molecular formula is C27H35N5O. The fourth-order valence-electron chi connectivity index (χ4n) is 3.47. The van der Waals surface area contributed by atoms with Gasteiger partial charge >= 0.3 is 0 Å². The minimum atomic E-state index is -0.596. The van der Waals surface area contributed by atoms with Gasteiger partial charge in [-0.3, -0.25) is 9.98 Å². The van der Waals surface area contributed by atoms with Crippen LogP contribution in [0.1, 0.15) is 49.3 Å². The molecule has 33 heavy (non-hydrogen) atoms. The van der Waals surface area contributed by atoms with Gasteiger partial charge in [-0.25, -0.2) is 4.98 Å². The second-order valence-electron chi connectivity index (χ2n) is 7.99. The van der Waals surface area contributed by atoms with Gasteiger partial charge in [-0.05, 0) is 49.2 Å².